The zero-order chi connectivity index (χ0) is 13.0. The Balaban J connectivity index is 1.84. The summed E-state index contributed by atoms with van der Waals surface area (Å²) in [6.07, 6.45) is 3.78. The molecule has 1 aliphatic heterocycles. The summed E-state index contributed by atoms with van der Waals surface area (Å²) in [5, 5.41) is 12.2. The van der Waals surface area contributed by atoms with Gasteiger partial charge in [-0.1, -0.05) is 0 Å². The number of carbonyl (C=O) groups excluding carboxylic acids is 1. The van der Waals surface area contributed by atoms with Crippen LogP contribution in [0.3, 0.4) is 0 Å². The van der Waals surface area contributed by atoms with Crippen molar-refractivity contribution in [1.82, 2.24) is 10.2 Å². The molecule has 2 N–H and O–H groups in total. The van der Waals surface area contributed by atoms with Crippen LogP contribution in [0.4, 0.5) is 0 Å². The lowest BCUT2D eigenvalue weighted by atomic mass is 9.81. The maximum atomic E-state index is 12.3. The molecule has 1 aliphatic carbocycles. The van der Waals surface area contributed by atoms with Gasteiger partial charge in [-0.25, -0.2) is 0 Å². The summed E-state index contributed by atoms with van der Waals surface area (Å²) in [5.41, 5.74) is 0. The number of amides is 1. The first-order valence-electron chi connectivity index (χ1n) is 6.91. The zero-order valence-electron chi connectivity index (χ0n) is 10.7. The van der Waals surface area contributed by atoms with Gasteiger partial charge in [-0.15, -0.1) is 0 Å². The predicted molar refractivity (Wildman–Crippen MR) is 67.2 cm³/mol. The third-order valence-corrected chi connectivity index (χ3v) is 4.08. The summed E-state index contributed by atoms with van der Waals surface area (Å²) in [6, 6.07) is 0. The van der Waals surface area contributed by atoms with Crippen LogP contribution in [0.15, 0.2) is 0 Å². The van der Waals surface area contributed by atoms with Crippen molar-refractivity contribution in [1.29, 1.82) is 0 Å². The number of carboxylic acids is 1. The molecule has 102 valence electrons. The molecule has 0 bridgehead atoms. The monoisotopic (exact) mass is 254 g/mol. The summed E-state index contributed by atoms with van der Waals surface area (Å²) in [5.74, 6) is -0.652. The second-order valence-electron chi connectivity index (χ2n) is 5.32. The molecule has 1 saturated heterocycles. The normalized spacial score (nSPS) is 29.7. The lowest BCUT2D eigenvalue weighted by Crippen LogP contribution is -2.40. The van der Waals surface area contributed by atoms with Gasteiger partial charge < -0.3 is 15.3 Å². The number of carboxylic acid groups (broad SMARTS) is 1. The van der Waals surface area contributed by atoms with Crippen molar-refractivity contribution in [2.24, 2.45) is 11.8 Å². The van der Waals surface area contributed by atoms with Crippen LogP contribution in [-0.2, 0) is 9.59 Å². The van der Waals surface area contributed by atoms with Crippen LogP contribution < -0.4 is 5.32 Å². The Bertz CT molecular complexity index is 303. The number of hydrogen-bond acceptors (Lipinski definition) is 3. The van der Waals surface area contributed by atoms with E-state index in [1.807, 2.05) is 4.90 Å². The number of rotatable bonds is 2. The van der Waals surface area contributed by atoms with E-state index in [4.69, 9.17) is 5.11 Å². The Labute approximate surface area is 108 Å². The molecule has 0 aromatic rings. The molecule has 1 heterocycles. The number of hydrogen-bond donors (Lipinski definition) is 2. The fourth-order valence-electron chi connectivity index (χ4n) is 2.91. The molecule has 0 unspecified atom stereocenters. The van der Waals surface area contributed by atoms with Gasteiger partial charge in [0.2, 0.25) is 5.91 Å². The molecule has 0 atom stereocenters. The molecule has 1 saturated carbocycles. The summed E-state index contributed by atoms with van der Waals surface area (Å²) >= 11 is 0. The van der Waals surface area contributed by atoms with Crippen molar-refractivity contribution in [3.05, 3.63) is 0 Å². The highest BCUT2D eigenvalue weighted by Crippen LogP contribution is 2.30. The summed E-state index contributed by atoms with van der Waals surface area (Å²) < 4.78 is 0. The smallest absolute Gasteiger partial charge is 0.306 e. The first-order chi connectivity index (χ1) is 8.68. The van der Waals surface area contributed by atoms with E-state index in [-0.39, 0.29) is 17.7 Å². The van der Waals surface area contributed by atoms with E-state index in [1.54, 1.807) is 0 Å². The van der Waals surface area contributed by atoms with Crippen LogP contribution in [0.2, 0.25) is 0 Å². The van der Waals surface area contributed by atoms with Crippen molar-refractivity contribution >= 4 is 11.9 Å². The Morgan fingerprint density at radius 1 is 1.00 bits per heavy atom. The molecule has 5 heteroatoms. The maximum absolute atomic E-state index is 12.3. The van der Waals surface area contributed by atoms with Gasteiger partial charge in [-0.05, 0) is 38.6 Å². The summed E-state index contributed by atoms with van der Waals surface area (Å²) in [4.78, 5) is 25.2. The van der Waals surface area contributed by atoms with E-state index in [1.165, 1.54) is 0 Å². The van der Waals surface area contributed by atoms with E-state index < -0.39 is 5.97 Å². The molecule has 2 rings (SSSR count). The Morgan fingerprint density at radius 2 is 1.67 bits per heavy atom. The van der Waals surface area contributed by atoms with Gasteiger partial charge in [0.25, 0.3) is 0 Å². The van der Waals surface area contributed by atoms with Gasteiger partial charge in [0, 0.05) is 25.6 Å². The molecule has 0 spiro atoms. The van der Waals surface area contributed by atoms with Crippen molar-refractivity contribution in [3.8, 4) is 0 Å². The number of aliphatic carboxylic acids is 1. The molecule has 5 nitrogen and oxygen atoms in total. The van der Waals surface area contributed by atoms with E-state index in [2.05, 4.69) is 5.32 Å². The molecule has 0 radical (unpaired) electrons. The zero-order valence-corrected chi connectivity index (χ0v) is 10.7. The van der Waals surface area contributed by atoms with Crippen LogP contribution in [0, 0.1) is 11.8 Å². The lowest BCUT2D eigenvalue weighted by molar-refractivity contribution is -0.145. The third kappa shape index (κ3) is 3.22. The quantitative estimate of drug-likeness (QED) is 0.761. The minimum atomic E-state index is -0.708. The maximum Gasteiger partial charge on any atom is 0.306 e. The first kappa shape index (κ1) is 13.3. The molecule has 2 fully saturated rings. The minimum absolute atomic E-state index is 0.0544. The molecule has 0 aromatic heterocycles. The molecule has 18 heavy (non-hydrogen) atoms. The predicted octanol–water partition coefficient (Wildman–Crippen LogP) is 0.699. The average molecular weight is 254 g/mol. The van der Waals surface area contributed by atoms with E-state index >= 15 is 0 Å². The Hall–Kier alpha value is -1.10. The fraction of sp³-hybridized carbons (Fsp3) is 0.846. The van der Waals surface area contributed by atoms with Gasteiger partial charge in [-0.2, -0.15) is 0 Å². The van der Waals surface area contributed by atoms with E-state index in [9.17, 15) is 9.59 Å². The lowest BCUT2D eigenvalue weighted by Gasteiger charge is -2.30. The van der Waals surface area contributed by atoms with Crippen molar-refractivity contribution in [2.45, 2.75) is 32.1 Å². The SMILES string of the molecule is O=C(O)C1CCC(C(=O)N2CCCNCC2)CC1. The second kappa shape index (κ2) is 6.18. The van der Waals surface area contributed by atoms with Crippen LogP contribution in [0.1, 0.15) is 32.1 Å². The molecule has 0 aromatic carbocycles. The van der Waals surface area contributed by atoms with Crippen LogP contribution in [-0.4, -0.2) is 48.1 Å². The highest BCUT2D eigenvalue weighted by molar-refractivity contribution is 5.79. The minimum Gasteiger partial charge on any atom is -0.481 e. The van der Waals surface area contributed by atoms with Crippen molar-refractivity contribution in [3.63, 3.8) is 0 Å². The first-order valence-corrected chi connectivity index (χ1v) is 6.91. The highest BCUT2D eigenvalue weighted by atomic mass is 16.4. The van der Waals surface area contributed by atoms with E-state index in [0.717, 1.165) is 45.4 Å². The molecular weight excluding hydrogens is 232 g/mol. The second-order valence-corrected chi connectivity index (χ2v) is 5.32. The highest BCUT2D eigenvalue weighted by Gasteiger charge is 2.32. The van der Waals surface area contributed by atoms with Crippen molar-refractivity contribution < 1.29 is 14.7 Å². The van der Waals surface area contributed by atoms with Gasteiger partial charge in [0.15, 0.2) is 0 Å². The van der Waals surface area contributed by atoms with Gasteiger partial charge in [0.05, 0.1) is 5.92 Å². The van der Waals surface area contributed by atoms with Crippen LogP contribution in [0.25, 0.3) is 0 Å². The summed E-state index contributed by atoms with van der Waals surface area (Å²) in [6.45, 7) is 3.48. The topological polar surface area (TPSA) is 69.6 Å². The van der Waals surface area contributed by atoms with Gasteiger partial charge in [-0.3, -0.25) is 9.59 Å². The standard InChI is InChI=1S/C13H22N2O3/c16-12(15-8-1-6-14-7-9-15)10-2-4-11(5-3-10)13(17)18/h10-11,14H,1-9H2,(H,17,18). The van der Waals surface area contributed by atoms with Crippen LogP contribution in [0.5, 0.6) is 0 Å². The largest absolute Gasteiger partial charge is 0.481 e. The number of carbonyl (C=O) groups is 2. The molecule has 2 aliphatic rings. The van der Waals surface area contributed by atoms with Gasteiger partial charge in [0.1, 0.15) is 0 Å². The number of nitrogens with zero attached hydrogens (tertiary/aromatic N) is 1. The average Bonchev–Trinajstić information content (AvgIpc) is 2.67. The molecular formula is C13H22N2O3. The number of nitrogens with one attached hydrogen (secondary N) is 1. The Kier molecular flexibility index (Phi) is 4.58. The summed E-state index contributed by atoms with van der Waals surface area (Å²) in [7, 11) is 0. The van der Waals surface area contributed by atoms with Gasteiger partial charge >= 0.3 is 5.97 Å². The molecule has 1 amide bonds. The Morgan fingerprint density at radius 3 is 2.33 bits per heavy atom. The van der Waals surface area contributed by atoms with Crippen molar-refractivity contribution in [2.75, 3.05) is 26.2 Å². The van der Waals surface area contributed by atoms with E-state index in [0.29, 0.717) is 12.8 Å². The third-order valence-electron chi connectivity index (χ3n) is 4.08. The van der Waals surface area contributed by atoms with Crippen LogP contribution >= 0.6 is 0 Å². The fourth-order valence-corrected chi connectivity index (χ4v) is 2.91.